The highest BCUT2D eigenvalue weighted by molar-refractivity contribution is 8.14. The van der Waals surface area contributed by atoms with Gasteiger partial charge in [0.1, 0.15) is 11.3 Å². The van der Waals surface area contributed by atoms with Crippen molar-refractivity contribution in [3.8, 4) is 0 Å². The lowest BCUT2D eigenvalue weighted by Crippen LogP contribution is -2.31. The molecule has 7 heteroatoms. The molecule has 1 aliphatic heterocycles. The van der Waals surface area contributed by atoms with Crippen molar-refractivity contribution in [3.63, 3.8) is 0 Å². The molecule has 0 bridgehead atoms. The highest BCUT2D eigenvalue weighted by Gasteiger charge is 2.40. The fraction of sp³-hybridized carbons (Fsp3) is 0.500. The Morgan fingerprint density at radius 2 is 2.38 bits per heavy atom. The summed E-state index contributed by atoms with van der Waals surface area (Å²) in [5.41, 5.74) is 0.694. The second-order valence-electron chi connectivity index (χ2n) is 4.79. The Hall–Kier alpha value is -1.76. The van der Waals surface area contributed by atoms with E-state index >= 15 is 0 Å². The fourth-order valence-electron chi connectivity index (χ4n) is 2.29. The molecule has 1 aliphatic carbocycles. The molecule has 0 aromatic rings. The second kappa shape index (κ2) is 6.34. The number of fused-ring (bicyclic) bond motifs is 1. The van der Waals surface area contributed by atoms with E-state index in [2.05, 4.69) is 10.3 Å². The van der Waals surface area contributed by atoms with Gasteiger partial charge in [0, 0.05) is 0 Å². The van der Waals surface area contributed by atoms with Gasteiger partial charge >= 0.3 is 5.97 Å². The topological polar surface area (TPSA) is 77.0 Å². The zero-order valence-corrected chi connectivity index (χ0v) is 13.1. The van der Waals surface area contributed by atoms with Crippen molar-refractivity contribution in [2.24, 2.45) is 4.99 Å². The second-order valence-corrected chi connectivity index (χ2v) is 5.76. The van der Waals surface area contributed by atoms with Gasteiger partial charge in [0.15, 0.2) is 11.5 Å². The molecular weight excluding hydrogens is 292 g/mol. The van der Waals surface area contributed by atoms with Crippen LogP contribution < -0.4 is 5.32 Å². The van der Waals surface area contributed by atoms with Gasteiger partial charge in [0.05, 0.1) is 30.7 Å². The number of esters is 1. The van der Waals surface area contributed by atoms with E-state index in [1.165, 1.54) is 18.9 Å². The monoisotopic (exact) mass is 310 g/mol. The van der Waals surface area contributed by atoms with E-state index in [0.717, 1.165) is 12.0 Å². The maximum Gasteiger partial charge on any atom is 0.316 e. The van der Waals surface area contributed by atoms with Gasteiger partial charge in [-0.1, -0.05) is 11.8 Å². The van der Waals surface area contributed by atoms with Crippen molar-refractivity contribution in [3.05, 3.63) is 23.1 Å². The van der Waals surface area contributed by atoms with Crippen LogP contribution in [0.1, 0.15) is 20.3 Å². The number of aldehydes is 1. The number of carbonyl (C=O) groups is 2. The number of nitrogens with one attached hydrogen (secondary N) is 1. The first-order chi connectivity index (χ1) is 10.0. The minimum Gasteiger partial charge on any atom is -0.496 e. The average Bonchev–Trinajstić information content (AvgIpc) is 2.81. The number of amidine groups is 1. The molecule has 1 N–H and O–H groups in total. The molecule has 2 aliphatic rings. The van der Waals surface area contributed by atoms with Crippen LogP contribution in [-0.4, -0.2) is 42.4 Å². The lowest BCUT2D eigenvalue weighted by atomic mass is 9.87. The van der Waals surface area contributed by atoms with Crippen LogP contribution in [0.5, 0.6) is 0 Å². The van der Waals surface area contributed by atoms with Crippen LogP contribution in [0.2, 0.25) is 0 Å². The number of nitrogens with zero attached hydrogens (tertiary/aromatic N) is 1. The average molecular weight is 310 g/mol. The molecule has 114 valence electrons. The van der Waals surface area contributed by atoms with Crippen LogP contribution in [-0.2, 0) is 19.1 Å². The van der Waals surface area contributed by atoms with Gasteiger partial charge in [-0.25, -0.2) is 4.99 Å². The van der Waals surface area contributed by atoms with Crippen molar-refractivity contribution in [2.75, 3.05) is 19.5 Å². The number of methoxy groups -OCH3 is 1. The zero-order valence-electron chi connectivity index (χ0n) is 12.3. The van der Waals surface area contributed by atoms with Crippen molar-refractivity contribution >= 4 is 29.2 Å². The zero-order chi connectivity index (χ0) is 15.5. The third-order valence-electron chi connectivity index (χ3n) is 3.31. The number of ether oxygens (including phenoxy) is 2. The summed E-state index contributed by atoms with van der Waals surface area (Å²) in [6, 6.07) is 0. The van der Waals surface area contributed by atoms with Crippen LogP contribution in [0, 0.1) is 0 Å². The summed E-state index contributed by atoms with van der Waals surface area (Å²) in [6.07, 6.45) is 3.26. The van der Waals surface area contributed by atoms with E-state index in [9.17, 15) is 9.59 Å². The molecule has 1 heterocycles. The van der Waals surface area contributed by atoms with Crippen molar-refractivity contribution in [2.45, 2.75) is 25.8 Å². The number of hydrogen-bond donors (Lipinski definition) is 1. The van der Waals surface area contributed by atoms with E-state index in [1.54, 1.807) is 6.92 Å². The lowest BCUT2D eigenvalue weighted by Gasteiger charge is -2.27. The molecule has 21 heavy (non-hydrogen) atoms. The maximum atomic E-state index is 11.4. The summed E-state index contributed by atoms with van der Waals surface area (Å²) >= 11 is 1.27. The van der Waals surface area contributed by atoms with E-state index in [0.29, 0.717) is 29.5 Å². The molecule has 0 saturated carbocycles. The molecule has 0 fully saturated rings. The summed E-state index contributed by atoms with van der Waals surface area (Å²) in [5, 5.41) is 3.75. The largest absolute Gasteiger partial charge is 0.496 e. The third-order valence-corrected chi connectivity index (χ3v) is 4.16. The maximum absolute atomic E-state index is 11.4. The van der Waals surface area contributed by atoms with E-state index in [-0.39, 0.29) is 11.7 Å². The molecule has 0 aromatic heterocycles. The molecule has 0 saturated heterocycles. The van der Waals surface area contributed by atoms with E-state index in [4.69, 9.17) is 9.47 Å². The smallest absolute Gasteiger partial charge is 0.316 e. The number of hydrogen-bond acceptors (Lipinski definition) is 7. The minimum atomic E-state index is -0.505. The standard InChI is InChI=1S/C14H18N2O4S/c1-4-20-11(18)8-21-13-15-12-9(7-17)10(19-3)5-6-14(12,2)16-13/h5,7H,4,6,8H2,1-3H3,(H,15,16). The Labute approximate surface area is 127 Å². The molecule has 0 aromatic carbocycles. The van der Waals surface area contributed by atoms with Gasteiger partial charge < -0.3 is 14.8 Å². The van der Waals surface area contributed by atoms with Crippen LogP contribution in [0.25, 0.3) is 0 Å². The first-order valence-electron chi connectivity index (χ1n) is 6.63. The quantitative estimate of drug-likeness (QED) is 0.611. The first-order valence-corrected chi connectivity index (χ1v) is 7.62. The fourth-order valence-corrected chi connectivity index (χ4v) is 3.07. The van der Waals surface area contributed by atoms with Crippen LogP contribution in [0.4, 0.5) is 0 Å². The van der Waals surface area contributed by atoms with Crippen LogP contribution in [0.3, 0.4) is 0 Å². The van der Waals surface area contributed by atoms with Crippen LogP contribution >= 0.6 is 11.8 Å². The van der Waals surface area contributed by atoms with Crippen molar-refractivity contribution < 1.29 is 19.1 Å². The van der Waals surface area contributed by atoms with Gasteiger partial charge in [-0.15, -0.1) is 0 Å². The van der Waals surface area contributed by atoms with E-state index < -0.39 is 5.54 Å². The number of thioether (sulfide) groups is 1. The highest BCUT2D eigenvalue weighted by atomic mass is 32.2. The van der Waals surface area contributed by atoms with Gasteiger partial charge in [0.25, 0.3) is 0 Å². The summed E-state index contributed by atoms with van der Waals surface area (Å²) < 4.78 is 10.1. The number of allylic oxidation sites excluding steroid dienone is 1. The Bertz CT molecular complexity index is 553. The molecule has 0 spiro atoms. The SMILES string of the molecule is CCOC(=O)CSC1=NC2(C)CC=C(OC)C(C=O)=C2N1. The Morgan fingerprint density at radius 3 is 3.00 bits per heavy atom. The number of rotatable bonds is 5. The summed E-state index contributed by atoms with van der Waals surface area (Å²) in [4.78, 5) is 27.3. The summed E-state index contributed by atoms with van der Waals surface area (Å²) in [6.45, 7) is 4.07. The first kappa shape index (κ1) is 15.6. The molecule has 6 nitrogen and oxygen atoms in total. The predicted molar refractivity (Wildman–Crippen MR) is 80.9 cm³/mol. The van der Waals surface area contributed by atoms with E-state index in [1.807, 2.05) is 13.0 Å². The normalized spacial score (nSPS) is 23.8. The number of aliphatic imine (C=N–C) groups is 1. The third kappa shape index (κ3) is 3.12. The Kier molecular flexibility index (Phi) is 4.72. The minimum absolute atomic E-state index is 0.185. The van der Waals surface area contributed by atoms with Gasteiger partial charge in [0.2, 0.25) is 0 Å². The Balaban J connectivity index is 2.13. The lowest BCUT2D eigenvalue weighted by molar-refractivity contribution is -0.139. The predicted octanol–water partition coefficient (Wildman–Crippen LogP) is 1.39. The molecule has 2 rings (SSSR count). The van der Waals surface area contributed by atoms with Gasteiger partial charge in [-0.2, -0.15) is 0 Å². The molecule has 1 atom stereocenters. The van der Waals surface area contributed by atoms with Crippen molar-refractivity contribution in [1.29, 1.82) is 0 Å². The van der Waals surface area contributed by atoms with Gasteiger partial charge in [-0.3, -0.25) is 9.59 Å². The summed E-state index contributed by atoms with van der Waals surface area (Å²) in [5.74, 6) is 0.452. The molecule has 0 amide bonds. The van der Waals surface area contributed by atoms with Gasteiger partial charge in [-0.05, 0) is 26.3 Å². The van der Waals surface area contributed by atoms with Crippen LogP contribution in [0.15, 0.2) is 28.1 Å². The van der Waals surface area contributed by atoms with Crippen molar-refractivity contribution in [1.82, 2.24) is 5.32 Å². The highest BCUT2D eigenvalue weighted by Crippen LogP contribution is 2.38. The summed E-state index contributed by atoms with van der Waals surface area (Å²) in [7, 11) is 1.53. The Morgan fingerprint density at radius 1 is 1.62 bits per heavy atom. The molecule has 0 radical (unpaired) electrons. The molecule has 1 unspecified atom stereocenters. The number of carbonyl (C=O) groups excluding carboxylic acids is 2. The molecular formula is C14H18N2O4S.